The van der Waals surface area contributed by atoms with Crippen molar-refractivity contribution in [3.05, 3.63) is 12.2 Å². The highest BCUT2D eigenvalue weighted by Crippen LogP contribution is 2.32. The first kappa shape index (κ1) is 29.5. The Hall–Kier alpha value is -4.00. The molecule has 1 unspecified atom stereocenters. The number of aliphatic hydroxyl groups is 2. The van der Waals surface area contributed by atoms with Crippen LogP contribution < -0.4 is 11.1 Å². The van der Waals surface area contributed by atoms with Crippen LogP contribution in [0.25, 0.3) is 11.2 Å². The summed E-state index contributed by atoms with van der Waals surface area (Å²) in [6, 6.07) is -0.0602. The molecule has 42 heavy (non-hydrogen) atoms. The van der Waals surface area contributed by atoms with Gasteiger partial charge in [-0.15, -0.1) is 0 Å². The second-order valence-corrected chi connectivity index (χ2v) is 10.8. The number of ether oxygens (including phenoxy) is 2. The molecular weight excluding hydrogens is 548 g/mol. The molecule has 2 aromatic heterocycles. The van der Waals surface area contributed by atoms with Crippen molar-refractivity contribution in [1.82, 2.24) is 34.6 Å². The van der Waals surface area contributed by atoms with Gasteiger partial charge in [0.15, 0.2) is 23.8 Å². The highest BCUT2D eigenvalue weighted by molar-refractivity contribution is 5.83. The molecule has 5 N–H and O–H groups in total. The highest BCUT2D eigenvalue weighted by Gasteiger charge is 2.47. The van der Waals surface area contributed by atoms with Crippen molar-refractivity contribution in [2.24, 2.45) is 5.92 Å². The number of carbonyl (C=O) groups excluding carboxylic acids is 3. The summed E-state index contributed by atoms with van der Waals surface area (Å²) in [5.74, 6) is 6.12. The number of likely N-dealkylation sites (N-methyl/N-ethyl adjacent to an activating group) is 2. The van der Waals surface area contributed by atoms with Gasteiger partial charge in [0.25, 0.3) is 5.91 Å². The maximum absolute atomic E-state index is 12.5. The number of imidazole rings is 1. The lowest BCUT2D eigenvalue weighted by molar-refractivity contribution is -0.137. The topological polar surface area (TPSA) is 198 Å². The van der Waals surface area contributed by atoms with Crippen molar-refractivity contribution in [2.45, 2.75) is 69.6 Å². The molecular formula is C27H36N8O7. The normalized spacial score (nSPS) is 26.4. The molecule has 3 fully saturated rings. The average molecular weight is 585 g/mol. The number of hydrogen-bond acceptors (Lipinski definition) is 11. The third kappa shape index (κ3) is 5.96. The zero-order chi connectivity index (χ0) is 30.0. The molecule has 0 aromatic carbocycles. The summed E-state index contributed by atoms with van der Waals surface area (Å²) in [5, 5.41) is 23.6. The van der Waals surface area contributed by atoms with Gasteiger partial charge < -0.3 is 40.5 Å². The molecule has 3 aliphatic rings. The maximum atomic E-state index is 12.5. The van der Waals surface area contributed by atoms with E-state index in [2.05, 4.69) is 32.1 Å². The predicted octanol–water partition coefficient (Wildman–Crippen LogP) is -0.625. The predicted molar refractivity (Wildman–Crippen MR) is 147 cm³/mol. The van der Waals surface area contributed by atoms with E-state index in [1.807, 2.05) is 0 Å². The fourth-order valence-electron chi connectivity index (χ4n) is 5.47. The van der Waals surface area contributed by atoms with Gasteiger partial charge in [0.05, 0.1) is 12.4 Å². The summed E-state index contributed by atoms with van der Waals surface area (Å²) >= 11 is 0. The number of hydrogen-bond donors (Lipinski definition) is 4. The lowest BCUT2D eigenvalue weighted by atomic mass is 9.94. The van der Waals surface area contributed by atoms with Crippen molar-refractivity contribution in [2.75, 3.05) is 39.0 Å². The number of nitrogens with two attached hydrogens (primary N) is 1. The molecule has 226 valence electrons. The Morgan fingerprint density at radius 2 is 1.98 bits per heavy atom. The summed E-state index contributed by atoms with van der Waals surface area (Å²) in [4.78, 5) is 52.6. The van der Waals surface area contributed by atoms with E-state index in [0.717, 1.165) is 12.8 Å². The number of aliphatic hydroxyl groups excluding tert-OH is 2. The molecule has 3 aliphatic heterocycles. The molecule has 5 heterocycles. The smallest absolute Gasteiger partial charge is 0.409 e. The van der Waals surface area contributed by atoms with E-state index in [-0.39, 0.29) is 53.4 Å². The number of fused-ring (bicyclic) bond motifs is 1. The highest BCUT2D eigenvalue weighted by atomic mass is 16.6. The van der Waals surface area contributed by atoms with E-state index in [1.165, 1.54) is 10.9 Å². The standard InChI is InChI=1S/C27H36N8O7/c1-3-29-25(39)22-20(37)21(38)26(42-22)35-14-30-19-23(28)31-17(32-24(19)35)6-4-5-15-9-11-34(12-10-15)27(40)41-13-16-7-8-18(36)33(16)2/h14-16,20-22,26,37-38H,3,5,7-13H2,1-2H3,(H,29,39)(H2,28,31,32)/t16?,20-,21+,22-,26+/m0/s1. The quantitative estimate of drug-likeness (QED) is 0.316. The number of rotatable bonds is 6. The van der Waals surface area contributed by atoms with Gasteiger partial charge in [0, 0.05) is 39.5 Å². The minimum atomic E-state index is -1.44. The van der Waals surface area contributed by atoms with Gasteiger partial charge in [-0.25, -0.2) is 19.7 Å². The van der Waals surface area contributed by atoms with Crippen LogP contribution in [-0.2, 0) is 19.1 Å². The zero-order valence-corrected chi connectivity index (χ0v) is 23.6. The van der Waals surface area contributed by atoms with Crippen LogP contribution in [0.1, 0.15) is 51.1 Å². The van der Waals surface area contributed by atoms with Crippen LogP contribution in [0.3, 0.4) is 0 Å². The summed E-state index contributed by atoms with van der Waals surface area (Å²) < 4.78 is 12.6. The van der Waals surface area contributed by atoms with Gasteiger partial charge in [-0.05, 0) is 38.0 Å². The largest absolute Gasteiger partial charge is 0.447 e. The summed E-state index contributed by atoms with van der Waals surface area (Å²) in [6.07, 6.45) is -0.918. The van der Waals surface area contributed by atoms with Crippen LogP contribution >= 0.6 is 0 Å². The van der Waals surface area contributed by atoms with Gasteiger partial charge in [-0.3, -0.25) is 14.2 Å². The molecule has 15 nitrogen and oxygen atoms in total. The van der Waals surface area contributed by atoms with E-state index in [9.17, 15) is 24.6 Å². The minimum absolute atomic E-state index is 0.0602. The molecule has 2 aromatic rings. The first-order valence-corrected chi connectivity index (χ1v) is 14.1. The summed E-state index contributed by atoms with van der Waals surface area (Å²) in [5.41, 5.74) is 6.63. The van der Waals surface area contributed by atoms with Crippen LogP contribution in [0.2, 0.25) is 0 Å². The van der Waals surface area contributed by atoms with Gasteiger partial charge in [-0.1, -0.05) is 5.92 Å². The molecule has 0 aliphatic carbocycles. The molecule has 0 spiro atoms. The Labute approximate surface area is 242 Å². The lowest BCUT2D eigenvalue weighted by Gasteiger charge is -2.31. The molecule has 5 atom stereocenters. The second-order valence-electron chi connectivity index (χ2n) is 10.8. The summed E-state index contributed by atoms with van der Waals surface area (Å²) in [7, 11) is 1.73. The SMILES string of the molecule is CCNC(=O)[C@H]1O[C@@H](n2cnc3c(N)nc(C#CCC4CCN(C(=O)OCC5CCC(=O)N5C)CC4)nc32)[C@H](O)[C@@H]1O. The van der Waals surface area contributed by atoms with Crippen molar-refractivity contribution >= 4 is 34.9 Å². The Balaban J connectivity index is 1.17. The number of nitrogens with zero attached hydrogens (tertiary/aromatic N) is 6. The number of carbonyl (C=O) groups is 3. The number of nitrogens with one attached hydrogen (secondary N) is 1. The van der Waals surface area contributed by atoms with E-state index < -0.39 is 30.4 Å². The van der Waals surface area contributed by atoms with Gasteiger partial charge >= 0.3 is 6.09 Å². The molecule has 3 amide bonds. The van der Waals surface area contributed by atoms with Crippen LogP contribution in [0.15, 0.2) is 6.33 Å². The van der Waals surface area contributed by atoms with Crippen LogP contribution in [0.5, 0.6) is 0 Å². The number of aromatic nitrogens is 4. The van der Waals surface area contributed by atoms with E-state index in [4.69, 9.17) is 15.2 Å². The number of anilines is 1. The van der Waals surface area contributed by atoms with E-state index in [1.54, 1.807) is 23.8 Å². The van der Waals surface area contributed by atoms with Crippen LogP contribution in [0, 0.1) is 17.8 Å². The van der Waals surface area contributed by atoms with Crippen molar-refractivity contribution < 1.29 is 34.1 Å². The number of amides is 3. The third-order valence-corrected chi connectivity index (χ3v) is 8.07. The fraction of sp³-hybridized carbons (Fsp3) is 0.630. The summed E-state index contributed by atoms with van der Waals surface area (Å²) in [6.45, 7) is 3.42. The molecule has 5 rings (SSSR count). The van der Waals surface area contributed by atoms with Gasteiger partial charge in [0.2, 0.25) is 11.7 Å². The van der Waals surface area contributed by atoms with Gasteiger partial charge in [0.1, 0.15) is 24.3 Å². The molecule has 0 saturated carbocycles. The first-order valence-electron chi connectivity index (χ1n) is 14.1. The Morgan fingerprint density at radius 3 is 2.67 bits per heavy atom. The third-order valence-electron chi connectivity index (χ3n) is 8.07. The average Bonchev–Trinajstić information content (AvgIpc) is 3.63. The number of piperidine rings is 1. The Bertz CT molecular complexity index is 1400. The lowest BCUT2D eigenvalue weighted by Crippen LogP contribution is -2.42. The monoisotopic (exact) mass is 584 g/mol. The fourth-order valence-corrected chi connectivity index (χ4v) is 5.47. The first-order chi connectivity index (χ1) is 20.2. The second kappa shape index (κ2) is 12.5. The molecule has 0 radical (unpaired) electrons. The van der Waals surface area contributed by atoms with E-state index in [0.29, 0.717) is 38.9 Å². The number of likely N-dealkylation sites (tertiary alicyclic amines) is 2. The van der Waals surface area contributed by atoms with Crippen LogP contribution in [-0.4, -0.2) is 115 Å². The van der Waals surface area contributed by atoms with Crippen molar-refractivity contribution in [3.8, 4) is 11.8 Å². The van der Waals surface area contributed by atoms with E-state index >= 15 is 0 Å². The Morgan fingerprint density at radius 1 is 1.21 bits per heavy atom. The molecule has 0 bridgehead atoms. The van der Waals surface area contributed by atoms with Crippen molar-refractivity contribution in [1.29, 1.82) is 0 Å². The number of nitrogen functional groups attached to an aromatic ring is 1. The van der Waals surface area contributed by atoms with Crippen molar-refractivity contribution in [3.63, 3.8) is 0 Å². The minimum Gasteiger partial charge on any atom is -0.447 e. The van der Waals surface area contributed by atoms with Gasteiger partial charge in [-0.2, -0.15) is 0 Å². The Kier molecular flexibility index (Phi) is 8.76. The maximum Gasteiger partial charge on any atom is 0.409 e. The molecule has 3 saturated heterocycles. The molecule has 15 heteroatoms. The van der Waals surface area contributed by atoms with Crippen LogP contribution in [0.4, 0.5) is 10.6 Å². The zero-order valence-electron chi connectivity index (χ0n) is 23.6.